The summed E-state index contributed by atoms with van der Waals surface area (Å²) in [6.07, 6.45) is 1.92. The lowest BCUT2D eigenvalue weighted by atomic mass is 9.91. The van der Waals surface area contributed by atoms with Crippen molar-refractivity contribution in [2.45, 2.75) is 18.9 Å². The highest BCUT2D eigenvalue weighted by molar-refractivity contribution is 6.35. The summed E-state index contributed by atoms with van der Waals surface area (Å²) < 4.78 is 5.24. The summed E-state index contributed by atoms with van der Waals surface area (Å²) in [6, 6.07) is 0.0871. The molecule has 2 N–H and O–H groups in total. The molecule has 2 amide bonds. The Labute approximate surface area is 82.2 Å². The van der Waals surface area contributed by atoms with Crippen molar-refractivity contribution < 1.29 is 14.3 Å². The molecule has 0 aromatic carbocycles. The molecule has 0 aromatic heterocycles. The highest BCUT2D eigenvalue weighted by Crippen LogP contribution is 2.19. The fourth-order valence-corrected chi connectivity index (χ4v) is 1.97. The number of rotatable bonds is 1. The van der Waals surface area contributed by atoms with E-state index >= 15 is 0 Å². The molecule has 0 bridgehead atoms. The zero-order valence-electron chi connectivity index (χ0n) is 7.91. The van der Waals surface area contributed by atoms with Crippen molar-refractivity contribution in [2.24, 2.45) is 5.92 Å². The molecular weight excluding hydrogens is 184 g/mol. The standard InChI is InChI=1S/C9H14N2O3/c12-8-9(13)11-7(5-10-8)6-1-3-14-4-2-6/h6-7H,1-5H2,(H,10,12)(H,11,13). The van der Waals surface area contributed by atoms with E-state index in [4.69, 9.17) is 4.74 Å². The predicted molar refractivity (Wildman–Crippen MR) is 48.5 cm³/mol. The van der Waals surface area contributed by atoms with Crippen molar-refractivity contribution in [3.05, 3.63) is 0 Å². The van der Waals surface area contributed by atoms with Crippen LogP contribution in [0, 0.1) is 5.92 Å². The summed E-state index contributed by atoms with van der Waals surface area (Å²) in [6.45, 7) is 2.06. The van der Waals surface area contributed by atoms with E-state index in [1.807, 2.05) is 0 Å². The summed E-state index contributed by atoms with van der Waals surface area (Å²) >= 11 is 0. The Morgan fingerprint density at radius 1 is 1.14 bits per heavy atom. The Morgan fingerprint density at radius 2 is 1.86 bits per heavy atom. The number of piperazine rings is 1. The molecule has 2 aliphatic rings. The number of amides is 2. The van der Waals surface area contributed by atoms with Gasteiger partial charge in [-0.2, -0.15) is 0 Å². The van der Waals surface area contributed by atoms with Gasteiger partial charge in [0.25, 0.3) is 0 Å². The first-order chi connectivity index (χ1) is 6.77. The fourth-order valence-electron chi connectivity index (χ4n) is 1.97. The first-order valence-corrected chi connectivity index (χ1v) is 4.94. The molecule has 5 heteroatoms. The second-order valence-electron chi connectivity index (χ2n) is 3.74. The van der Waals surface area contributed by atoms with Gasteiger partial charge >= 0.3 is 11.8 Å². The van der Waals surface area contributed by atoms with E-state index in [1.165, 1.54) is 0 Å². The number of hydrogen-bond acceptors (Lipinski definition) is 3. The van der Waals surface area contributed by atoms with Crippen LogP contribution in [0.1, 0.15) is 12.8 Å². The summed E-state index contributed by atoms with van der Waals surface area (Å²) in [5.41, 5.74) is 0. The van der Waals surface area contributed by atoms with E-state index in [2.05, 4.69) is 10.6 Å². The third-order valence-corrected chi connectivity index (χ3v) is 2.84. The van der Waals surface area contributed by atoms with Gasteiger partial charge in [0.2, 0.25) is 0 Å². The normalized spacial score (nSPS) is 29.6. The lowest BCUT2D eigenvalue weighted by Gasteiger charge is -2.33. The highest BCUT2D eigenvalue weighted by atomic mass is 16.5. The van der Waals surface area contributed by atoms with Crippen molar-refractivity contribution in [1.29, 1.82) is 0 Å². The lowest BCUT2D eigenvalue weighted by Crippen LogP contribution is -2.58. The molecule has 1 unspecified atom stereocenters. The molecule has 2 heterocycles. The van der Waals surface area contributed by atoms with Crippen molar-refractivity contribution in [1.82, 2.24) is 10.6 Å². The van der Waals surface area contributed by atoms with E-state index < -0.39 is 11.8 Å². The molecule has 2 rings (SSSR count). The molecule has 5 nitrogen and oxygen atoms in total. The van der Waals surface area contributed by atoms with Gasteiger partial charge < -0.3 is 15.4 Å². The molecule has 2 fully saturated rings. The van der Waals surface area contributed by atoms with Crippen LogP contribution in [-0.4, -0.2) is 37.6 Å². The second-order valence-corrected chi connectivity index (χ2v) is 3.74. The van der Waals surface area contributed by atoms with Gasteiger partial charge in [0.15, 0.2) is 0 Å². The maximum Gasteiger partial charge on any atom is 0.309 e. The third kappa shape index (κ3) is 1.87. The number of hydrogen-bond donors (Lipinski definition) is 2. The maximum absolute atomic E-state index is 11.1. The topological polar surface area (TPSA) is 67.4 Å². The Morgan fingerprint density at radius 3 is 2.50 bits per heavy atom. The molecule has 0 aliphatic carbocycles. The Balaban J connectivity index is 1.91. The molecule has 0 aromatic rings. The van der Waals surface area contributed by atoms with Crippen LogP contribution in [-0.2, 0) is 14.3 Å². The van der Waals surface area contributed by atoms with Crippen molar-refractivity contribution >= 4 is 11.8 Å². The first kappa shape index (κ1) is 9.45. The number of carbonyl (C=O) groups is 2. The minimum atomic E-state index is -0.520. The Kier molecular flexibility index (Phi) is 2.67. The monoisotopic (exact) mass is 198 g/mol. The summed E-state index contributed by atoms with van der Waals surface area (Å²) in [4.78, 5) is 22.0. The second kappa shape index (κ2) is 3.96. The van der Waals surface area contributed by atoms with Gasteiger partial charge in [0, 0.05) is 25.8 Å². The SMILES string of the molecule is O=C1NCC(C2CCOCC2)NC1=O. The van der Waals surface area contributed by atoms with Crippen molar-refractivity contribution in [3.63, 3.8) is 0 Å². The number of carbonyl (C=O) groups excluding carboxylic acids is 2. The minimum Gasteiger partial charge on any atom is -0.381 e. The third-order valence-electron chi connectivity index (χ3n) is 2.84. The van der Waals surface area contributed by atoms with Crippen LogP contribution < -0.4 is 10.6 Å². The summed E-state index contributed by atoms with van der Waals surface area (Å²) in [5, 5.41) is 5.32. The van der Waals surface area contributed by atoms with E-state index in [9.17, 15) is 9.59 Å². The number of ether oxygens (including phenoxy) is 1. The van der Waals surface area contributed by atoms with Crippen molar-refractivity contribution in [2.75, 3.05) is 19.8 Å². The zero-order valence-corrected chi connectivity index (χ0v) is 7.91. The van der Waals surface area contributed by atoms with Gasteiger partial charge in [-0.1, -0.05) is 0 Å². The lowest BCUT2D eigenvalue weighted by molar-refractivity contribution is -0.142. The van der Waals surface area contributed by atoms with Gasteiger partial charge in [-0.25, -0.2) is 0 Å². The average Bonchev–Trinajstić information content (AvgIpc) is 2.23. The van der Waals surface area contributed by atoms with Crippen LogP contribution >= 0.6 is 0 Å². The molecule has 0 radical (unpaired) electrons. The Bertz CT molecular complexity index is 248. The Hall–Kier alpha value is -1.10. The molecule has 0 spiro atoms. The predicted octanol–water partition coefficient (Wildman–Crippen LogP) is -0.972. The van der Waals surface area contributed by atoms with Gasteiger partial charge in [-0.3, -0.25) is 9.59 Å². The van der Waals surface area contributed by atoms with Gasteiger partial charge in [0.05, 0.1) is 0 Å². The number of nitrogens with one attached hydrogen (secondary N) is 2. The van der Waals surface area contributed by atoms with Crippen LogP contribution in [0.3, 0.4) is 0 Å². The molecule has 2 aliphatic heterocycles. The van der Waals surface area contributed by atoms with Gasteiger partial charge in [-0.05, 0) is 18.8 Å². The summed E-state index contributed by atoms with van der Waals surface area (Å²) in [5.74, 6) is -0.589. The highest BCUT2D eigenvalue weighted by Gasteiger charge is 2.31. The fraction of sp³-hybridized carbons (Fsp3) is 0.778. The summed E-state index contributed by atoms with van der Waals surface area (Å²) in [7, 11) is 0. The van der Waals surface area contributed by atoms with E-state index in [0.29, 0.717) is 12.5 Å². The zero-order chi connectivity index (χ0) is 9.97. The average molecular weight is 198 g/mol. The van der Waals surface area contributed by atoms with Gasteiger partial charge in [-0.15, -0.1) is 0 Å². The van der Waals surface area contributed by atoms with Gasteiger partial charge in [0.1, 0.15) is 0 Å². The molecular formula is C9H14N2O3. The van der Waals surface area contributed by atoms with Crippen LogP contribution in [0.15, 0.2) is 0 Å². The molecule has 0 saturated carbocycles. The first-order valence-electron chi connectivity index (χ1n) is 4.94. The molecule has 1 atom stereocenters. The van der Waals surface area contributed by atoms with Crippen LogP contribution in [0.2, 0.25) is 0 Å². The molecule has 14 heavy (non-hydrogen) atoms. The molecule has 2 saturated heterocycles. The van der Waals surface area contributed by atoms with E-state index in [0.717, 1.165) is 26.1 Å². The van der Waals surface area contributed by atoms with Crippen LogP contribution in [0.25, 0.3) is 0 Å². The minimum absolute atomic E-state index is 0.0871. The molecule has 78 valence electrons. The van der Waals surface area contributed by atoms with E-state index in [-0.39, 0.29) is 6.04 Å². The largest absolute Gasteiger partial charge is 0.381 e. The van der Waals surface area contributed by atoms with E-state index in [1.54, 1.807) is 0 Å². The van der Waals surface area contributed by atoms with Crippen LogP contribution in [0.4, 0.5) is 0 Å². The smallest absolute Gasteiger partial charge is 0.309 e. The van der Waals surface area contributed by atoms with Crippen molar-refractivity contribution in [3.8, 4) is 0 Å². The quantitative estimate of drug-likeness (QED) is 0.533. The van der Waals surface area contributed by atoms with Crippen LogP contribution in [0.5, 0.6) is 0 Å². The maximum atomic E-state index is 11.1.